The number of methoxy groups -OCH3 is 1. The van der Waals surface area contributed by atoms with E-state index in [1.165, 1.54) is 23.5 Å². The van der Waals surface area contributed by atoms with E-state index in [2.05, 4.69) is 5.32 Å². The molecule has 0 aromatic heterocycles. The van der Waals surface area contributed by atoms with Crippen LogP contribution >= 0.6 is 0 Å². The number of carbonyl (C=O) groups excluding carboxylic acids is 2. The Balaban J connectivity index is 1.81. The average Bonchev–Trinajstić information content (AvgIpc) is 3.32. The molecule has 9 heteroatoms. The van der Waals surface area contributed by atoms with Crippen LogP contribution in [0.25, 0.3) is 0 Å². The van der Waals surface area contributed by atoms with Crippen molar-refractivity contribution in [3.05, 3.63) is 23.8 Å². The Morgan fingerprint density at radius 2 is 1.90 bits per heavy atom. The molecule has 2 aliphatic rings. The molecule has 0 radical (unpaired) electrons. The number of rotatable bonds is 7. The van der Waals surface area contributed by atoms with Gasteiger partial charge in [-0.3, -0.25) is 9.59 Å². The third-order valence-electron chi connectivity index (χ3n) is 5.72. The Hall–Kier alpha value is -2.13. The molecule has 2 heterocycles. The van der Waals surface area contributed by atoms with Crippen LogP contribution in [0.1, 0.15) is 49.4 Å². The van der Waals surface area contributed by atoms with E-state index >= 15 is 0 Å². The first-order valence-electron chi connectivity index (χ1n) is 10.6. The van der Waals surface area contributed by atoms with Gasteiger partial charge in [0.1, 0.15) is 10.6 Å². The van der Waals surface area contributed by atoms with E-state index in [1.54, 1.807) is 11.0 Å². The van der Waals surface area contributed by atoms with Gasteiger partial charge in [-0.05, 0) is 50.3 Å². The molecule has 0 aliphatic carbocycles. The summed E-state index contributed by atoms with van der Waals surface area (Å²) in [5.74, 6) is -0.292. The van der Waals surface area contributed by atoms with Crippen LogP contribution in [0.15, 0.2) is 23.1 Å². The van der Waals surface area contributed by atoms with Gasteiger partial charge >= 0.3 is 0 Å². The standard InChI is InChI=1S/C21H31N3O5S/c1-3-10-22-20(25)17-7-6-11-23(15-17)21(26)16-8-9-18(29-2)19(14-16)30(27,28)24-12-4-5-13-24/h8-9,14,17H,3-7,10-13,15H2,1-2H3,(H,22,25). The normalized spacial score (nSPS) is 20.2. The minimum absolute atomic E-state index is 0.0204. The van der Waals surface area contributed by atoms with E-state index in [9.17, 15) is 18.0 Å². The Bertz CT molecular complexity index is 881. The Morgan fingerprint density at radius 1 is 1.17 bits per heavy atom. The van der Waals surface area contributed by atoms with Crippen molar-refractivity contribution in [3.63, 3.8) is 0 Å². The second-order valence-electron chi connectivity index (χ2n) is 7.86. The third kappa shape index (κ3) is 4.78. The maximum absolute atomic E-state index is 13.1. The van der Waals surface area contributed by atoms with E-state index in [-0.39, 0.29) is 28.4 Å². The van der Waals surface area contributed by atoms with E-state index in [4.69, 9.17) is 4.74 Å². The molecule has 30 heavy (non-hydrogen) atoms. The molecule has 0 bridgehead atoms. The number of hydrogen-bond donors (Lipinski definition) is 1. The summed E-state index contributed by atoms with van der Waals surface area (Å²) < 4.78 is 32.9. The largest absolute Gasteiger partial charge is 0.495 e. The molecule has 1 aromatic carbocycles. The number of ether oxygens (including phenoxy) is 1. The fourth-order valence-electron chi connectivity index (χ4n) is 4.03. The van der Waals surface area contributed by atoms with Gasteiger partial charge in [-0.15, -0.1) is 0 Å². The second-order valence-corrected chi connectivity index (χ2v) is 9.76. The summed E-state index contributed by atoms with van der Waals surface area (Å²) in [6.45, 7) is 4.47. The first-order valence-corrected chi connectivity index (χ1v) is 12.1. The fraction of sp³-hybridized carbons (Fsp3) is 0.619. The molecule has 166 valence electrons. The highest BCUT2D eigenvalue weighted by Crippen LogP contribution is 2.30. The highest BCUT2D eigenvalue weighted by atomic mass is 32.2. The lowest BCUT2D eigenvalue weighted by atomic mass is 9.96. The third-order valence-corrected chi connectivity index (χ3v) is 7.64. The number of sulfonamides is 1. The summed E-state index contributed by atoms with van der Waals surface area (Å²) in [5.41, 5.74) is 0.295. The second kappa shape index (κ2) is 9.78. The quantitative estimate of drug-likeness (QED) is 0.702. The zero-order chi connectivity index (χ0) is 21.7. The molecule has 1 N–H and O–H groups in total. The molecule has 2 fully saturated rings. The summed E-state index contributed by atoms with van der Waals surface area (Å²) in [5, 5.41) is 2.90. The van der Waals surface area contributed by atoms with Crippen molar-refractivity contribution in [2.75, 3.05) is 39.8 Å². The predicted molar refractivity (Wildman–Crippen MR) is 113 cm³/mol. The molecule has 3 rings (SSSR count). The van der Waals surface area contributed by atoms with Crippen molar-refractivity contribution in [2.45, 2.75) is 43.9 Å². The molecule has 1 aromatic rings. The molecular formula is C21H31N3O5S. The van der Waals surface area contributed by atoms with Gasteiger partial charge in [0.2, 0.25) is 15.9 Å². The van der Waals surface area contributed by atoms with Gasteiger partial charge < -0.3 is 15.0 Å². The van der Waals surface area contributed by atoms with Crippen LogP contribution in [-0.4, -0.2) is 69.3 Å². The number of nitrogens with zero attached hydrogens (tertiary/aromatic N) is 2. The lowest BCUT2D eigenvalue weighted by Gasteiger charge is -2.32. The van der Waals surface area contributed by atoms with E-state index in [0.717, 1.165) is 32.1 Å². The van der Waals surface area contributed by atoms with Crippen LogP contribution in [0.2, 0.25) is 0 Å². The number of nitrogens with one attached hydrogen (secondary N) is 1. The summed E-state index contributed by atoms with van der Waals surface area (Å²) in [4.78, 5) is 27.1. The minimum atomic E-state index is -3.73. The van der Waals surface area contributed by atoms with Gasteiger partial charge in [-0.1, -0.05) is 6.92 Å². The highest BCUT2D eigenvalue weighted by Gasteiger charge is 2.32. The van der Waals surface area contributed by atoms with Crippen LogP contribution in [0.5, 0.6) is 5.75 Å². The van der Waals surface area contributed by atoms with Gasteiger partial charge in [0, 0.05) is 38.3 Å². The Morgan fingerprint density at radius 3 is 2.57 bits per heavy atom. The van der Waals surface area contributed by atoms with Gasteiger partial charge in [-0.25, -0.2) is 8.42 Å². The first-order chi connectivity index (χ1) is 14.4. The number of piperidine rings is 1. The zero-order valence-corrected chi connectivity index (χ0v) is 18.5. The van der Waals surface area contributed by atoms with E-state index in [1.807, 2.05) is 6.92 Å². The lowest BCUT2D eigenvalue weighted by molar-refractivity contribution is -0.126. The molecule has 1 atom stereocenters. The van der Waals surface area contributed by atoms with E-state index < -0.39 is 10.0 Å². The maximum Gasteiger partial charge on any atom is 0.253 e. The lowest BCUT2D eigenvalue weighted by Crippen LogP contribution is -2.45. The molecule has 2 saturated heterocycles. The van der Waals surface area contributed by atoms with Crippen molar-refractivity contribution in [2.24, 2.45) is 5.92 Å². The summed E-state index contributed by atoms with van der Waals surface area (Å²) in [6.07, 6.45) is 4.01. The molecule has 8 nitrogen and oxygen atoms in total. The SMILES string of the molecule is CCCNC(=O)C1CCCN(C(=O)c2ccc(OC)c(S(=O)(=O)N3CCCC3)c2)C1. The molecule has 1 unspecified atom stereocenters. The summed E-state index contributed by atoms with van der Waals surface area (Å²) in [6, 6.07) is 4.53. The number of likely N-dealkylation sites (tertiary alicyclic amines) is 1. The Kier molecular flexibility index (Phi) is 7.36. The van der Waals surface area contributed by atoms with Crippen molar-refractivity contribution >= 4 is 21.8 Å². The minimum Gasteiger partial charge on any atom is -0.495 e. The van der Waals surface area contributed by atoms with E-state index in [0.29, 0.717) is 38.3 Å². The average molecular weight is 438 g/mol. The molecule has 2 amide bonds. The number of carbonyl (C=O) groups is 2. The Labute approximate surface area is 178 Å². The van der Waals surface area contributed by atoms with Crippen LogP contribution in [0.4, 0.5) is 0 Å². The monoisotopic (exact) mass is 437 g/mol. The van der Waals surface area contributed by atoms with Crippen LogP contribution < -0.4 is 10.1 Å². The molecule has 0 spiro atoms. The summed E-state index contributed by atoms with van der Waals surface area (Å²) in [7, 11) is -2.31. The zero-order valence-electron chi connectivity index (χ0n) is 17.7. The fourth-order valence-corrected chi connectivity index (χ4v) is 5.73. The molecule has 0 saturated carbocycles. The van der Waals surface area contributed by atoms with Crippen molar-refractivity contribution in [1.82, 2.24) is 14.5 Å². The topological polar surface area (TPSA) is 96.0 Å². The number of benzene rings is 1. The smallest absolute Gasteiger partial charge is 0.253 e. The molecular weight excluding hydrogens is 406 g/mol. The highest BCUT2D eigenvalue weighted by molar-refractivity contribution is 7.89. The van der Waals surface area contributed by atoms with Crippen molar-refractivity contribution < 1.29 is 22.7 Å². The summed E-state index contributed by atoms with van der Waals surface area (Å²) >= 11 is 0. The number of hydrogen-bond acceptors (Lipinski definition) is 5. The number of amides is 2. The van der Waals surface area contributed by atoms with Crippen molar-refractivity contribution in [3.8, 4) is 5.75 Å². The van der Waals surface area contributed by atoms with Crippen molar-refractivity contribution in [1.29, 1.82) is 0 Å². The first kappa shape index (κ1) is 22.6. The van der Waals surface area contributed by atoms with Gasteiger partial charge in [0.25, 0.3) is 5.91 Å². The van der Waals surface area contributed by atoms with Gasteiger partial charge in [0.05, 0.1) is 13.0 Å². The maximum atomic E-state index is 13.1. The van der Waals surface area contributed by atoms with Gasteiger partial charge in [0.15, 0.2) is 0 Å². The van der Waals surface area contributed by atoms with Crippen LogP contribution in [0.3, 0.4) is 0 Å². The van der Waals surface area contributed by atoms with Crippen LogP contribution in [-0.2, 0) is 14.8 Å². The predicted octanol–water partition coefficient (Wildman–Crippen LogP) is 1.86. The van der Waals surface area contributed by atoms with Gasteiger partial charge in [-0.2, -0.15) is 4.31 Å². The molecule has 2 aliphatic heterocycles. The van der Waals surface area contributed by atoms with Crippen LogP contribution in [0, 0.1) is 5.92 Å².